The minimum absolute atomic E-state index is 0.583. The third kappa shape index (κ3) is 4.78. The van der Waals surface area contributed by atoms with E-state index in [4.69, 9.17) is 19.9 Å². The molecule has 256 valence electrons. The van der Waals surface area contributed by atoms with Crippen molar-refractivity contribution in [3.05, 3.63) is 216 Å². The number of rotatable bonds is 5. The summed E-state index contributed by atoms with van der Waals surface area (Å²) in [5.74, 6) is 1.38. The Morgan fingerprint density at radius 1 is 0.291 bits per heavy atom. The molecule has 0 saturated carbocycles. The van der Waals surface area contributed by atoms with E-state index in [1.807, 2.05) is 54.6 Å². The lowest BCUT2D eigenvalue weighted by molar-refractivity contribution is 0.788. The Hall–Kier alpha value is -7.30. The van der Waals surface area contributed by atoms with Crippen LogP contribution < -0.4 is 0 Å². The Bertz CT molecular complexity index is 2800. The van der Waals surface area contributed by atoms with Crippen molar-refractivity contribution < 1.29 is 0 Å². The summed E-state index contributed by atoms with van der Waals surface area (Å²) in [6, 6.07) is 68.1. The van der Waals surface area contributed by atoms with E-state index < -0.39 is 5.41 Å². The van der Waals surface area contributed by atoms with Gasteiger partial charge in [0.2, 0.25) is 0 Å². The average Bonchev–Trinajstić information content (AvgIpc) is 3.74. The molecule has 0 N–H and O–H groups in total. The highest BCUT2D eigenvalue weighted by Crippen LogP contribution is 2.64. The highest BCUT2D eigenvalue weighted by molar-refractivity contribution is 5.97. The van der Waals surface area contributed by atoms with E-state index in [1.54, 1.807) is 0 Å². The number of hydrogen-bond donors (Lipinski definition) is 0. The van der Waals surface area contributed by atoms with Gasteiger partial charge in [0, 0.05) is 38.9 Å². The van der Waals surface area contributed by atoms with E-state index in [-0.39, 0.29) is 0 Å². The van der Waals surface area contributed by atoms with Crippen LogP contribution in [0, 0.1) is 0 Å². The molecule has 0 fully saturated rings. The number of hydrogen-bond acceptors (Lipinski definition) is 4. The summed E-state index contributed by atoms with van der Waals surface area (Å²) in [7, 11) is 0. The largest absolute Gasteiger partial charge is 0.228 e. The van der Waals surface area contributed by atoms with Gasteiger partial charge in [-0.1, -0.05) is 188 Å². The molecule has 4 heteroatoms. The molecule has 11 rings (SSSR count). The molecular formula is C51H32N4. The minimum Gasteiger partial charge on any atom is -0.228 e. The maximum absolute atomic E-state index is 5.50. The lowest BCUT2D eigenvalue weighted by Gasteiger charge is -2.31. The first-order valence-electron chi connectivity index (χ1n) is 18.7. The van der Waals surface area contributed by atoms with Gasteiger partial charge in [0.05, 0.1) is 28.2 Å². The summed E-state index contributed by atoms with van der Waals surface area (Å²) in [6.07, 6.45) is 0. The second-order valence-electron chi connectivity index (χ2n) is 14.1. The summed E-state index contributed by atoms with van der Waals surface area (Å²) < 4.78 is 0. The minimum atomic E-state index is -0.583. The van der Waals surface area contributed by atoms with Gasteiger partial charge < -0.3 is 0 Å². The van der Waals surface area contributed by atoms with Gasteiger partial charge in [0.1, 0.15) is 0 Å². The van der Waals surface area contributed by atoms with Crippen molar-refractivity contribution in [2.45, 2.75) is 5.41 Å². The molecule has 2 aromatic heterocycles. The van der Waals surface area contributed by atoms with E-state index in [1.165, 1.54) is 27.8 Å². The topological polar surface area (TPSA) is 51.6 Å². The van der Waals surface area contributed by atoms with Crippen molar-refractivity contribution in [1.82, 2.24) is 19.9 Å². The molecule has 4 nitrogen and oxygen atoms in total. The number of aromatic nitrogens is 4. The van der Waals surface area contributed by atoms with E-state index >= 15 is 0 Å². The van der Waals surface area contributed by atoms with Crippen LogP contribution in [-0.4, -0.2) is 19.9 Å². The zero-order chi connectivity index (χ0) is 36.3. The molecule has 0 bridgehead atoms. The lowest BCUT2D eigenvalue weighted by atomic mass is 9.69. The van der Waals surface area contributed by atoms with Crippen LogP contribution in [0.3, 0.4) is 0 Å². The maximum atomic E-state index is 5.50. The molecule has 1 spiro atoms. The van der Waals surface area contributed by atoms with Crippen LogP contribution >= 0.6 is 0 Å². The van der Waals surface area contributed by atoms with Crippen LogP contribution in [-0.2, 0) is 5.41 Å². The van der Waals surface area contributed by atoms with Gasteiger partial charge in [-0.2, -0.15) is 0 Å². The van der Waals surface area contributed by atoms with Gasteiger partial charge in [-0.05, 0) is 33.9 Å². The Morgan fingerprint density at radius 2 is 0.673 bits per heavy atom. The average molecular weight is 701 g/mol. The monoisotopic (exact) mass is 700 g/mol. The quantitative estimate of drug-likeness (QED) is 0.179. The molecule has 0 unspecified atom stereocenters. The zero-order valence-corrected chi connectivity index (χ0v) is 29.8. The molecule has 0 atom stereocenters. The molecule has 0 radical (unpaired) electrons. The third-order valence-electron chi connectivity index (χ3n) is 11.1. The Morgan fingerprint density at radius 3 is 1.22 bits per heavy atom. The van der Waals surface area contributed by atoms with E-state index in [2.05, 4.69) is 140 Å². The fourth-order valence-electron chi connectivity index (χ4n) is 8.75. The molecule has 7 aromatic carbocycles. The normalized spacial score (nSPS) is 12.9. The maximum Gasteiger partial charge on any atom is 0.160 e. The predicted octanol–water partition coefficient (Wildman–Crippen LogP) is 11.9. The van der Waals surface area contributed by atoms with Gasteiger partial charge in [0.25, 0.3) is 0 Å². The smallest absolute Gasteiger partial charge is 0.160 e. The van der Waals surface area contributed by atoms with Crippen LogP contribution in [0.4, 0.5) is 0 Å². The van der Waals surface area contributed by atoms with Gasteiger partial charge in [-0.15, -0.1) is 0 Å². The lowest BCUT2D eigenvalue weighted by Crippen LogP contribution is -2.27. The Balaban J connectivity index is 1.15. The molecule has 0 amide bonds. The number of benzene rings is 7. The predicted molar refractivity (Wildman–Crippen MR) is 221 cm³/mol. The SMILES string of the molecule is c1ccc(-c2cc(-c3ccccc3)nc(-c3ccc(-c4nc(-c5ccccc5)nc5c4C4(c6ccccc6-c6ccccc64)c4ccccc4-5)cc3)n2)cc1. The number of fused-ring (bicyclic) bond motifs is 10. The van der Waals surface area contributed by atoms with Gasteiger partial charge in [-0.3, -0.25) is 0 Å². The van der Waals surface area contributed by atoms with E-state index in [0.717, 1.165) is 61.7 Å². The van der Waals surface area contributed by atoms with Gasteiger partial charge >= 0.3 is 0 Å². The summed E-state index contributed by atoms with van der Waals surface area (Å²) >= 11 is 0. The first-order valence-corrected chi connectivity index (χ1v) is 18.7. The summed E-state index contributed by atoms with van der Waals surface area (Å²) in [5, 5.41) is 0. The molecule has 2 aliphatic rings. The van der Waals surface area contributed by atoms with Crippen LogP contribution in [0.2, 0.25) is 0 Å². The molecule has 55 heavy (non-hydrogen) atoms. The molecule has 2 aliphatic carbocycles. The fraction of sp³-hybridized carbons (Fsp3) is 0.0196. The summed E-state index contributed by atoms with van der Waals surface area (Å²) in [6.45, 7) is 0. The molecule has 2 heterocycles. The summed E-state index contributed by atoms with van der Waals surface area (Å²) in [5.41, 5.74) is 16.6. The van der Waals surface area contributed by atoms with Crippen molar-refractivity contribution in [3.8, 4) is 78.9 Å². The van der Waals surface area contributed by atoms with Crippen molar-refractivity contribution >= 4 is 0 Å². The highest BCUT2D eigenvalue weighted by Gasteiger charge is 2.54. The van der Waals surface area contributed by atoms with E-state index in [9.17, 15) is 0 Å². The molecule has 9 aromatic rings. The van der Waals surface area contributed by atoms with Gasteiger partial charge in [0.15, 0.2) is 11.6 Å². The van der Waals surface area contributed by atoms with Crippen molar-refractivity contribution in [3.63, 3.8) is 0 Å². The zero-order valence-electron chi connectivity index (χ0n) is 29.8. The first-order chi connectivity index (χ1) is 27.3. The molecule has 0 aliphatic heterocycles. The Labute approximate surface area is 319 Å². The van der Waals surface area contributed by atoms with E-state index in [0.29, 0.717) is 11.6 Å². The second kappa shape index (κ2) is 12.4. The molecule has 0 saturated heterocycles. The third-order valence-corrected chi connectivity index (χ3v) is 11.1. The standard InChI is InChI=1S/C51H32N4/c1-4-16-33(17-5-1)44-32-45(34-18-6-2-7-19-34)53-49(52-44)37-30-28-35(29-31-37)47-46-48(55-50(54-47)36-20-8-3-9-21-36)40-24-12-15-27-43(40)51(46)41-25-13-10-22-38(41)39-23-11-14-26-42(39)51/h1-32H. The Kier molecular flexibility index (Phi) is 7.04. The van der Waals surface area contributed by atoms with Gasteiger partial charge in [-0.25, -0.2) is 19.9 Å². The van der Waals surface area contributed by atoms with Crippen LogP contribution in [0.15, 0.2) is 194 Å². The van der Waals surface area contributed by atoms with Crippen molar-refractivity contribution in [1.29, 1.82) is 0 Å². The molecular weight excluding hydrogens is 669 g/mol. The van der Waals surface area contributed by atoms with Crippen LogP contribution in [0.5, 0.6) is 0 Å². The first kappa shape index (κ1) is 31.2. The highest BCUT2D eigenvalue weighted by atomic mass is 14.9. The van der Waals surface area contributed by atoms with Crippen molar-refractivity contribution in [2.75, 3.05) is 0 Å². The fourth-order valence-corrected chi connectivity index (χ4v) is 8.75. The second-order valence-corrected chi connectivity index (χ2v) is 14.1. The summed E-state index contributed by atoms with van der Waals surface area (Å²) in [4.78, 5) is 21.2. The van der Waals surface area contributed by atoms with Crippen LogP contribution in [0.25, 0.3) is 78.9 Å². The number of nitrogens with zero attached hydrogens (tertiary/aromatic N) is 4. The van der Waals surface area contributed by atoms with Crippen LogP contribution in [0.1, 0.15) is 22.3 Å². The van der Waals surface area contributed by atoms with Crippen molar-refractivity contribution in [2.24, 2.45) is 0 Å².